The second-order valence-corrected chi connectivity index (χ2v) is 13.0. The van der Waals surface area contributed by atoms with E-state index in [0.29, 0.717) is 45.0 Å². The molecule has 0 saturated carbocycles. The number of nitrogens with one attached hydrogen (secondary N) is 1. The zero-order chi connectivity index (χ0) is 25.1. The van der Waals surface area contributed by atoms with Crippen molar-refractivity contribution >= 4 is 16.5 Å². The first kappa shape index (κ1) is 27.2. The Morgan fingerprint density at radius 2 is 1.88 bits per heavy atom. The lowest BCUT2D eigenvalue weighted by atomic mass is 9.87. The van der Waals surface area contributed by atoms with E-state index in [1.807, 2.05) is 26.0 Å². The van der Waals surface area contributed by atoms with Crippen LogP contribution in [0.3, 0.4) is 0 Å². The van der Waals surface area contributed by atoms with Gasteiger partial charge in [-0.15, -0.1) is 0 Å². The molecule has 0 aromatic heterocycles. The van der Waals surface area contributed by atoms with E-state index in [9.17, 15) is 13.9 Å². The maximum absolute atomic E-state index is 13.5. The first-order valence-electron chi connectivity index (χ1n) is 12.1. The lowest BCUT2D eigenvalue weighted by molar-refractivity contribution is -0.122. The van der Waals surface area contributed by atoms with Gasteiger partial charge in [0.05, 0.1) is 24.1 Å². The Morgan fingerprint density at radius 3 is 2.44 bits per heavy atom. The molecule has 7 nitrogen and oxygen atoms in total. The van der Waals surface area contributed by atoms with Gasteiger partial charge in [0, 0.05) is 33.0 Å². The lowest BCUT2D eigenvalue weighted by Crippen LogP contribution is -2.49. The van der Waals surface area contributed by atoms with Crippen molar-refractivity contribution in [3.63, 3.8) is 0 Å². The summed E-state index contributed by atoms with van der Waals surface area (Å²) in [7, 11) is -1.56. The molecule has 34 heavy (non-hydrogen) atoms. The molecule has 0 spiro atoms. The molecule has 2 aliphatic carbocycles. The van der Waals surface area contributed by atoms with E-state index in [1.165, 1.54) is 11.1 Å². The highest BCUT2D eigenvalue weighted by molar-refractivity contribution is 8.26. The summed E-state index contributed by atoms with van der Waals surface area (Å²) in [5, 5.41) is 2.71. The fourth-order valence-electron chi connectivity index (χ4n) is 4.66. The molecule has 3 aliphatic rings. The Bertz CT molecular complexity index is 913. The molecule has 3 N–H and O–H groups in total. The highest BCUT2D eigenvalue weighted by Crippen LogP contribution is 2.58. The van der Waals surface area contributed by atoms with Gasteiger partial charge >= 0.3 is 0 Å². The Balaban J connectivity index is 0.00000432. The first-order chi connectivity index (χ1) is 16.0. The molecule has 194 valence electrons. The molecule has 0 atom stereocenters. The van der Waals surface area contributed by atoms with Crippen molar-refractivity contribution in [2.24, 2.45) is 0 Å². The number of hydrogen-bond donors (Lipinski definition) is 3. The minimum Gasteiger partial charge on any atom is -0.382 e. The van der Waals surface area contributed by atoms with E-state index in [4.69, 9.17) is 14.2 Å². The van der Waals surface area contributed by atoms with Crippen LogP contribution in [0, 0.1) is 0 Å². The van der Waals surface area contributed by atoms with Crippen LogP contribution in [0.15, 0.2) is 46.2 Å². The van der Waals surface area contributed by atoms with Gasteiger partial charge in [-0.25, -0.2) is 0 Å². The van der Waals surface area contributed by atoms with Crippen molar-refractivity contribution in [3.05, 3.63) is 46.2 Å². The van der Waals surface area contributed by atoms with E-state index < -0.39 is 26.8 Å². The normalized spacial score (nSPS) is 20.5. The van der Waals surface area contributed by atoms with Gasteiger partial charge in [-0.05, 0) is 70.6 Å². The van der Waals surface area contributed by atoms with Crippen LogP contribution in [-0.2, 0) is 19.0 Å². The smallest absolute Gasteiger partial charge is 0.249 e. The van der Waals surface area contributed by atoms with Crippen molar-refractivity contribution in [2.45, 2.75) is 75.9 Å². The third kappa shape index (κ3) is 5.37. The fourth-order valence-corrected chi connectivity index (χ4v) is 6.66. The van der Waals surface area contributed by atoms with E-state index in [-0.39, 0.29) is 6.68 Å². The zero-order valence-electron chi connectivity index (χ0n) is 21.4. The van der Waals surface area contributed by atoms with Gasteiger partial charge in [0.2, 0.25) is 5.91 Å². The molecule has 0 aromatic rings. The van der Waals surface area contributed by atoms with Gasteiger partial charge in [0.25, 0.3) is 0 Å². The molecule has 1 aliphatic heterocycles. The van der Waals surface area contributed by atoms with Crippen molar-refractivity contribution in [2.75, 3.05) is 33.5 Å². The quantitative estimate of drug-likeness (QED) is 0.352. The summed E-state index contributed by atoms with van der Waals surface area (Å²) in [6.07, 6.45) is 8.83. The third-order valence-corrected chi connectivity index (χ3v) is 10.3. The summed E-state index contributed by atoms with van der Waals surface area (Å²) in [6, 6.07) is 0. The molecular formula is C26H43NO6S. The van der Waals surface area contributed by atoms with Gasteiger partial charge < -0.3 is 19.5 Å². The van der Waals surface area contributed by atoms with Crippen LogP contribution in [0.2, 0.25) is 0 Å². The third-order valence-electron chi connectivity index (χ3n) is 7.17. The largest absolute Gasteiger partial charge is 0.382 e. The summed E-state index contributed by atoms with van der Waals surface area (Å²) in [4.78, 5) is 13.5. The number of amides is 1. The topological polar surface area (TPSA) is 97.3 Å². The summed E-state index contributed by atoms with van der Waals surface area (Å²) in [5.74, 6) is -0.394. The van der Waals surface area contributed by atoms with Crippen LogP contribution >= 0.6 is 10.6 Å². The molecule has 1 saturated heterocycles. The Hall–Kier alpha value is -1.42. The number of carbonyl (C=O) groups excluding carboxylic acids is 1. The monoisotopic (exact) mass is 497 g/mol. The summed E-state index contributed by atoms with van der Waals surface area (Å²) < 4.78 is 37.7. The Kier molecular flexibility index (Phi) is 8.54. The van der Waals surface area contributed by atoms with Crippen LogP contribution in [0.25, 0.3) is 0 Å². The molecule has 0 bridgehead atoms. The van der Waals surface area contributed by atoms with Crippen LogP contribution in [-0.4, -0.2) is 64.1 Å². The standard InChI is InChI=1S/C26H41NO6S.H2/c1-7-18-16-19-8-9-21(19)23(17-22(18)25(2,3)33-15-14-31-6)27-24(28)26(4,5)34(29,30)20-10-12-32-13-11-20;/h8-9,17,20,29-30H,7,10-16H2,1-6H3,(H,27,28);1H. The SMILES string of the molecule is CCC1=C(C(C)(C)OCCOC)C=C(NC(=O)C(C)(C)S(O)(O)C2CCOCC2)C2=CC=C2C1.[HH]. The Morgan fingerprint density at radius 1 is 1.21 bits per heavy atom. The number of methoxy groups -OCH3 is 1. The summed E-state index contributed by atoms with van der Waals surface area (Å²) in [5.41, 5.74) is 4.55. The van der Waals surface area contributed by atoms with Crippen molar-refractivity contribution in [1.82, 2.24) is 5.32 Å². The minimum atomic E-state index is -3.21. The predicted molar refractivity (Wildman–Crippen MR) is 139 cm³/mol. The minimum absolute atomic E-state index is 0. The average molecular weight is 498 g/mol. The zero-order valence-corrected chi connectivity index (χ0v) is 22.2. The molecule has 8 heteroatoms. The second kappa shape index (κ2) is 10.7. The van der Waals surface area contributed by atoms with Gasteiger partial charge in [0.1, 0.15) is 4.75 Å². The number of ether oxygens (including phenoxy) is 3. The molecule has 3 rings (SSSR count). The van der Waals surface area contributed by atoms with Crippen LogP contribution in [0.1, 0.15) is 61.7 Å². The van der Waals surface area contributed by atoms with Gasteiger partial charge in [-0.3, -0.25) is 13.9 Å². The van der Waals surface area contributed by atoms with Crippen LogP contribution in [0.4, 0.5) is 0 Å². The van der Waals surface area contributed by atoms with Crippen molar-refractivity contribution in [1.29, 1.82) is 0 Å². The summed E-state index contributed by atoms with van der Waals surface area (Å²) in [6.45, 7) is 11.4. The first-order valence-corrected chi connectivity index (χ1v) is 13.7. The lowest BCUT2D eigenvalue weighted by Gasteiger charge is -2.51. The number of allylic oxidation sites excluding steroid dienone is 4. The molecule has 0 radical (unpaired) electrons. The van der Waals surface area contributed by atoms with Gasteiger partial charge in [-0.1, -0.05) is 24.6 Å². The van der Waals surface area contributed by atoms with Crippen LogP contribution < -0.4 is 5.32 Å². The number of rotatable bonds is 10. The maximum Gasteiger partial charge on any atom is 0.249 e. The molecule has 1 heterocycles. The molecule has 0 unspecified atom stereocenters. The van der Waals surface area contributed by atoms with Crippen molar-refractivity contribution in [3.8, 4) is 0 Å². The molecule has 1 fully saturated rings. The molecular weight excluding hydrogens is 454 g/mol. The molecule has 0 aromatic carbocycles. The number of hydrogen-bond acceptors (Lipinski definition) is 6. The number of fused-ring (bicyclic) bond motifs is 1. The van der Waals surface area contributed by atoms with E-state index in [2.05, 4.69) is 18.3 Å². The summed E-state index contributed by atoms with van der Waals surface area (Å²) >= 11 is 0. The average Bonchev–Trinajstić information content (AvgIpc) is 2.88. The predicted octanol–water partition coefficient (Wildman–Crippen LogP) is 5.36. The van der Waals surface area contributed by atoms with Gasteiger partial charge in [0.15, 0.2) is 0 Å². The highest BCUT2D eigenvalue weighted by Gasteiger charge is 2.47. The Labute approximate surface area is 207 Å². The van der Waals surface area contributed by atoms with E-state index in [0.717, 1.165) is 24.0 Å². The fraction of sp³-hybridized carbons (Fsp3) is 0.654. The van der Waals surface area contributed by atoms with E-state index >= 15 is 0 Å². The van der Waals surface area contributed by atoms with E-state index in [1.54, 1.807) is 21.0 Å². The second-order valence-electron chi connectivity index (χ2n) is 10.1. The highest BCUT2D eigenvalue weighted by atomic mass is 32.3. The number of carbonyl (C=O) groups is 1. The molecule has 1 amide bonds. The van der Waals surface area contributed by atoms with Crippen LogP contribution in [0.5, 0.6) is 0 Å². The maximum atomic E-state index is 13.5. The van der Waals surface area contributed by atoms with Crippen molar-refractivity contribution < 1.29 is 29.5 Å². The van der Waals surface area contributed by atoms with Gasteiger partial charge in [-0.2, -0.15) is 10.6 Å².